The second kappa shape index (κ2) is 4.31. The highest BCUT2D eigenvalue weighted by atomic mass is 35.5. The van der Waals surface area contributed by atoms with Crippen molar-refractivity contribution in [2.45, 2.75) is 0 Å². The van der Waals surface area contributed by atoms with E-state index in [4.69, 9.17) is 16.3 Å². The van der Waals surface area contributed by atoms with Gasteiger partial charge in [0.15, 0.2) is 10.9 Å². The smallest absolute Gasteiger partial charge is 0.279 e. The number of halogens is 1. The van der Waals surface area contributed by atoms with Crippen molar-refractivity contribution < 1.29 is 4.74 Å². The first kappa shape index (κ1) is 10.5. The molecule has 0 fully saturated rings. The molecule has 17 heavy (non-hydrogen) atoms. The molecule has 0 aliphatic rings. The Kier molecular flexibility index (Phi) is 2.66. The largest absolute Gasteiger partial charge is 0.428 e. The van der Waals surface area contributed by atoms with Gasteiger partial charge in [-0.05, 0) is 24.3 Å². The molecule has 0 bridgehead atoms. The Morgan fingerprint density at radius 1 is 1.12 bits per heavy atom. The second-order valence-electron chi connectivity index (χ2n) is 3.34. The number of pyridine rings is 1. The van der Waals surface area contributed by atoms with Gasteiger partial charge in [0.2, 0.25) is 0 Å². The van der Waals surface area contributed by atoms with Crippen LogP contribution in [-0.4, -0.2) is 9.97 Å². The highest BCUT2D eigenvalue weighted by molar-refractivity contribution is 7.20. The maximum atomic E-state index is 5.91. The van der Waals surface area contributed by atoms with E-state index in [9.17, 15) is 0 Å². The average Bonchev–Trinajstić information content (AvgIpc) is 2.74. The SMILES string of the molecule is Clc1ncccc1Oc1nc2ccccc2s1. The highest BCUT2D eigenvalue weighted by Crippen LogP contribution is 2.33. The van der Waals surface area contributed by atoms with Gasteiger partial charge in [0.05, 0.1) is 10.2 Å². The summed E-state index contributed by atoms with van der Waals surface area (Å²) in [6.45, 7) is 0. The topological polar surface area (TPSA) is 35.0 Å². The van der Waals surface area contributed by atoms with E-state index in [1.165, 1.54) is 11.3 Å². The Bertz CT molecular complexity index is 635. The fraction of sp³-hybridized carbons (Fsp3) is 0. The number of thiazole rings is 1. The molecule has 5 heteroatoms. The van der Waals surface area contributed by atoms with Crippen LogP contribution < -0.4 is 4.74 Å². The van der Waals surface area contributed by atoms with Crippen LogP contribution in [0.1, 0.15) is 0 Å². The number of ether oxygens (including phenoxy) is 1. The van der Waals surface area contributed by atoms with E-state index in [1.54, 1.807) is 18.3 Å². The molecular formula is C12H7ClN2OS. The highest BCUT2D eigenvalue weighted by Gasteiger charge is 2.07. The van der Waals surface area contributed by atoms with Crippen molar-refractivity contribution in [2.24, 2.45) is 0 Å². The lowest BCUT2D eigenvalue weighted by Gasteiger charge is -2.01. The number of fused-ring (bicyclic) bond motifs is 1. The molecule has 2 heterocycles. The van der Waals surface area contributed by atoms with Crippen LogP contribution in [0.3, 0.4) is 0 Å². The van der Waals surface area contributed by atoms with Gasteiger partial charge in [-0.1, -0.05) is 35.1 Å². The summed E-state index contributed by atoms with van der Waals surface area (Å²) in [6.07, 6.45) is 1.62. The fourth-order valence-electron chi connectivity index (χ4n) is 1.44. The third-order valence-corrected chi connectivity index (χ3v) is 3.39. The lowest BCUT2D eigenvalue weighted by Crippen LogP contribution is -1.85. The van der Waals surface area contributed by atoms with Crippen molar-refractivity contribution in [3.63, 3.8) is 0 Å². The molecule has 0 unspecified atom stereocenters. The van der Waals surface area contributed by atoms with E-state index in [0.717, 1.165) is 10.2 Å². The minimum Gasteiger partial charge on any atom is -0.428 e. The average molecular weight is 263 g/mol. The fourth-order valence-corrected chi connectivity index (χ4v) is 2.42. The summed E-state index contributed by atoms with van der Waals surface area (Å²) in [6, 6.07) is 11.4. The number of para-hydroxylation sites is 1. The van der Waals surface area contributed by atoms with Crippen molar-refractivity contribution in [2.75, 3.05) is 0 Å². The van der Waals surface area contributed by atoms with Crippen LogP contribution in [0.2, 0.25) is 5.15 Å². The van der Waals surface area contributed by atoms with Crippen molar-refractivity contribution in [3.05, 3.63) is 47.7 Å². The molecule has 1 aromatic carbocycles. The minimum absolute atomic E-state index is 0.340. The van der Waals surface area contributed by atoms with Crippen molar-refractivity contribution in [1.82, 2.24) is 9.97 Å². The van der Waals surface area contributed by atoms with E-state index < -0.39 is 0 Å². The van der Waals surface area contributed by atoms with Gasteiger partial charge < -0.3 is 4.74 Å². The Labute approximate surface area is 107 Å². The molecule has 3 rings (SSSR count). The molecule has 0 atom stereocenters. The molecule has 0 spiro atoms. The molecule has 0 aliphatic heterocycles. The number of benzene rings is 1. The van der Waals surface area contributed by atoms with Gasteiger partial charge in [0.25, 0.3) is 5.19 Å². The van der Waals surface area contributed by atoms with E-state index in [-0.39, 0.29) is 0 Å². The summed E-state index contributed by atoms with van der Waals surface area (Å²) < 4.78 is 6.69. The summed E-state index contributed by atoms with van der Waals surface area (Å²) in [7, 11) is 0. The maximum absolute atomic E-state index is 5.91. The first-order valence-corrected chi connectivity index (χ1v) is 6.16. The standard InChI is InChI=1S/C12H7ClN2OS/c13-11-9(5-3-7-14-11)16-12-15-8-4-1-2-6-10(8)17-12/h1-7H. The molecule has 0 amide bonds. The van der Waals surface area contributed by atoms with Gasteiger partial charge in [-0.3, -0.25) is 0 Å². The minimum atomic E-state index is 0.340. The van der Waals surface area contributed by atoms with Gasteiger partial charge in [0.1, 0.15) is 0 Å². The Morgan fingerprint density at radius 3 is 2.82 bits per heavy atom. The molecule has 0 saturated carbocycles. The Balaban J connectivity index is 1.98. The lowest BCUT2D eigenvalue weighted by molar-refractivity contribution is 0.478. The first-order valence-electron chi connectivity index (χ1n) is 4.97. The Morgan fingerprint density at radius 2 is 2.00 bits per heavy atom. The summed E-state index contributed by atoms with van der Waals surface area (Å²) in [5.74, 6) is 0.522. The molecule has 0 radical (unpaired) electrons. The molecule has 84 valence electrons. The normalized spacial score (nSPS) is 10.6. The zero-order chi connectivity index (χ0) is 11.7. The second-order valence-corrected chi connectivity index (χ2v) is 4.69. The molecule has 3 nitrogen and oxygen atoms in total. The van der Waals surface area contributed by atoms with Crippen LogP contribution in [0.4, 0.5) is 0 Å². The summed E-state index contributed by atoms with van der Waals surface area (Å²) in [5, 5.41) is 0.910. The van der Waals surface area contributed by atoms with Crippen LogP contribution in [-0.2, 0) is 0 Å². The third-order valence-electron chi connectivity index (χ3n) is 2.20. The lowest BCUT2D eigenvalue weighted by atomic mass is 10.3. The van der Waals surface area contributed by atoms with Gasteiger partial charge in [-0.25, -0.2) is 9.97 Å². The maximum Gasteiger partial charge on any atom is 0.279 e. The van der Waals surface area contributed by atoms with Gasteiger partial charge in [0, 0.05) is 6.20 Å². The van der Waals surface area contributed by atoms with E-state index in [1.807, 2.05) is 24.3 Å². The first-order chi connectivity index (χ1) is 8.33. The van der Waals surface area contributed by atoms with Crippen LogP contribution in [0, 0.1) is 0 Å². The quantitative estimate of drug-likeness (QED) is 0.651. The van der Waals surface area contributed by atoms with Crippen LogP contribution in [0.25, 0.3) is 10.2 Å². The predicted molar refractivity (Wildman–Crippen MR) is 68.9 cm³/mol. The zero-order valence-corrected chi connectivity index (χ0v) is 10.2. The summed E-state index contributed by atoms with van der Waals surface area (Å²) >= 11 is 7.39. The van der Waals surface area contributed by atoms with Crippen molar-refractivity contribution in [3.8, 4) is 10.9 Å². The number of rotatable bonds is 2. The Hall–Kier alpha value is -1.65. The molecule has 0 aliphatic carbocycles. The van der Waals surface area contributed by atoms with Gasteiger partial charge in [-0.15, -0.1) is 0 Å². The zero-order valence-electron chi connectivity index (χ0n) is 8.63. The number of hydrogen-bond donors (Lipinski definition) is 0. The van der Waals surface area contributed by atoms with Gasteiger partial charge in [-0.2, -0.15) is 0 Å². The molecule has 3 aromatic rings. The van der Waals surface area contributed by atoms with Crippen LogP contribution in [0.15, 0.2) is 42.6 Å². The number of aromatic nitrogens is 2. The van der Waals surface area contributed by atoms with Crippen molar-refractivity contribution >= 4 is 33.2 Å². The van der Waals surface area contributed by atoms with E-state index in [0.29, 0.717) is 16.1 Å². The summed E-state index contributed by atoms with van der Waals surface area (Å²) in [4.78, 5) is 8.31. The van der Waals surface area contributed by atoms with Crippen molar-refractivity contribution in [1.29, 1.82) is 0 Å². The van der Waals surface area contributed by atoms with Gasteiger partial charge >= 0.3 is 0 Å². The van der Waals surface area contributed by atoms with E-state index in [2.05, 4.69) is 9.97 Å². The van der Waals surface area contributed by atoms with Crippen LogP contribution in [0.5, 0.6) is 10.9 Å². The van der Waals surface area contributed by atoms with E-state index >= 15 is 0 Å². The molecule has 0 N–H and O–H groups in total. The third kappa shape index (κ3) is 2.09. The monoisotopic (exact) mass is 262 g/mol. The molecule has 2 aromatic heterocycles. The molecular weight excluding hydrogens is 256 g/mol. The molecule has 0 saturated heterocycles. The summed E-state index contributed by atoms with van der Waals surface area (Å²) in [5.41, 5.74) is 0.924. The number of nitrogens with zero attached hydrogens (tertiary/aromatic N) is 2. The van der Waals surface area contributed by atoms with Crippen LogP contribution >= 0.6 is 22.9 Å². The number of hydrogen-bond acceptors (Lipinski definition) is 4. The predicted octanol–water partition coefficient (Wildman–Crippen LogP) is 4.14.